The van der Waals surface area contributed by atoms with Gasteiger partial charge in [-0.25, -0.2) is 9.97 Å². The van der Waals surface area contributed by atoms with Gasteiger partial charge in [0.05, 0.1) is 22.9 Å². The van der Waals surface area contributed by atoms with Crippen LogP contribution >= 0.6 is 11.6 Å². The number of para-hydroxylation sites is 1. The number of hydrogen-bond acceptors (Lipinski definition) is 2. The van der Waals surface area contributed by atoms with E-state index in [0.29, 0.717) is 5.15 Å². The van der Waals surface area contributed by atoms with Crippen LogP contribution in [0.15, 0.2) is 42.7 Å². The Balaban J connectivity index is 2.35. The van der Waals surface area contributed by atoms with Crippen molar-refractivity contribution in [3.63, 3.8) is 0 Å². The third-order valence-electron chi connectivity index (χ3n) is 3.52. The van der Waals surface area contributed by atoms with Gasteiger partial charge in [-0.15, -0.1) is 0 Å². The van der Waals surface area contributed by atoms with E-state index in [2.05, 4.69) is 28.2 Å². The van der Waals surface area contributed by atoms with Crippen LogP contribution in [-0.4, -0.2) is 14.5 Å². The standard InChI is InChI=1S/C15H10ClN3/c1-19-8-17-14-12(19)7-6-10-9-4-2-3-5-11(9)18-15(16)13(10)14/h2-8H,1H3. The molecule has 2 aromatic carbocycles. The number of aryl methyl sites for hydroxylation is 1. The summed E-state index contributed by atoms with van der Waals surface area (Å²) in [6.45, 7) is 0. The second-order valence-corrected chi connectivity index (χ2v) is 4.99. The van der Waals surface area contributed by atoms with Crippen molar-refractivity contribution in [3.05, 3.63) is 47.9 Å². The molecule has 2 heterocycles. The van der Waals surface area contributed by atoms with Crippen molar-refractivity contribution in [2.24, 2.45) is 7.05 Å². The molecular weight excluding hydrogens is 258 g/mol. The molecule has 0 aliphatic carbocycles. The molecule has 0 amide bonds. The molecule has 4 heteroatoms. The quantitative estimate of drug-likeness (QED) is 0.357. The number of pyridine rings is 1. The van der Waals surface area contributed by atoms with Crippen LogP contribution in [0.2, 0.25) is 5.15 Å². The van der Waals surface area contributed by atoms with E-state index in [-0.39, 0.29) is 0 Å². The Morgan fingerprint density at radius 2 is 1.89 bits per heavy atom. The van der Waals surface area contributed by atoms with Gasteiger partial charge >= 0.3 is 0 Å². The molecule has 0 spiro atoms. The van der Waals surface area contributed by atoms with Gasteiger partial charge in [0, 0.05) is 17.8 Å². The second-order valence-electron chi connectivity index (χ2n) is 4.63. The summed E-state index contributed by atoms with van der Waals surface area (Å²) < 4.78 is 1.99. The van der Waals surface area contributed by atoms with Gasteiger partial charge in [-0.3, -0.25) is 0 Å². The number of hydrogen-bond donors (Lipinski definition) is 0. The molecule has 4 aromatic rings. The zero-order valence-electron chi connectivity index (χ0n) is 10.3. The third-order valence-corrected chi connectivity index (χ3v) is 3.79. The van der Waals surface area contributed by atoms with Gasteiger partial charge in [0.2, 0.25) is 0 Å². The molecule has 19 heavy (non-hydrogen) atoms. The number of nitrogens with zero attached hydrogens (tertiary/aromatic N) is 3. The first kappa shape index (κ1) is 10.8. The predicted octanol–water partition coefficient (Wildman–Crippen LogP) is 3.93. The number of aromatic nitrogens is 3. The van der Waals surface area contributed by atoms with E-state index in [9.17, 15) is 0 Å². The van der Waals surface area contributed by atoms with Gasteiger partial charge in [-0.05, 0) is 17.5 Å². The van der Waals surface area contributed by atoms with E-state index in [4.69, 9.17) is 11.6 Å². The number of benzene rings is 2. The Labute approximate surface area is 114 Å². The molecule has 0 unspecified atom stereocenters. The largest absolute Gasteiger partial charge is 0.334 e. The lowest BCUT2D eigenvalue weighted by Crippen LogP contribution is -1.87. The lowest BCUT2D eigenvalue weighted by Gasteiger charge is -2.06. The molecule has 0 atom stereocenters. The smallest absolute Gasteiger partial charge is 0.139 e. The average molecular weight is 268 g/mol. The summed E-state index contributed by atoms with van der Waals surface area (Å²) in [5.41, 5.74) is 2.88. The summed E-state index contributed by atoms with van der Waals surface area (Å²) in [4.78, 5) is 8.93. The van der Waals surface area contributed by atoms with E-state index in [0.717, 1.165) is 32.7 Å². The predicted molar refractivity (Wildman–Crippen MR) is 78.5 cm³/mol. The first-order chi connectivity index (χ1) is 9.25. The summed E-state index contributed by atoms with van der Waals surface area (Å²) >= 11 is 6.36. The molecule has 0 fully saturated rings. The molecule has 0 bridgehead atoms. The van der Waals surface area contributed by atoms with Crippen molar-refractivity contribution in [1.82, 2.24) is 14.5 Å². The summed E-state index contributed by atoms with van der Waals surface area (Å²) in [6, 6.07) is 12.2. The Morgan fingerprint density at radius 3 is 2.79 bits per heavy atom. The first-order valence-electron chi connectivity index (χ1n) is 6.04. The third kappa shape index (κ3) is 1.39. The maximum absolute atomic E-state index is 6.36. The fraction of sp³-hybridized carbons (Fsp3) is 0.0667. The van der Waals surface area contributed by atoms with Crippen molar-refractivity contribution in [2.75, 3.05) is 0 Å². The molecule has 2 aromatic heterocycles. The van der Waals surface area contributed by atoms with Gasteiger partial charge in [0.25, 0.3) is 0 Å². The van der Waals surface area contributed by atoms with Gasteiger partial charge in [0.15, 0.2) is 0 Å². The Morgan fingerprint density at radius 1 is 1.05 bits per heavy atom. The highest BCUT2D eigenvalue weighted by atomic mass is 35.5. The number of fused-ring (bicyclic) bond motifs is 5. The van der Waals surface area contributed by atoms with E-state index < -0.39 is 0 Å². The first-order valence-corrected chi connectivity index (χ1v) is 6.41. The van der Waals surface area contributed by atoms with E-state index in [1.165, 1.54) is 0 Å². The highest BCUT2D eigenvalue weighted by Gasteiger charge is 2.12. The Hall–Kier alpha value is -2.13. The van der Waals surface area contributed by atoms with Gasteiger partial charge in [-0.1, -0.05) is 35.9 Å². The van der Waals surface area contributed by atoms with E-state index in [1.807, 2.05) is 29.8 Å². The van der Waals surface area contributed by atoms with Crippen LogP contribution in [0.1, 0.15) is 0 Å². The van der Waals surface area contributed by atoms with Crippen LogP contribution in [0, 0.1) is 0 Å². The SMILES string of the molecule is Cn1cnc2c3c(Cl)nc4ccccc4c3ccc21. The topological polar surface area (TPSA) is 30.7 Å². The molecule has 0 N–H and O–H groups in total. The maximum atomic E-state index is 6.36. The number of rotatable bonds is 0. The molecule has 0 radical (unpaired) electrons. The Kier molecular flexibility index (Phi) is 2.09. The lowest BCUT2D eigenvalue weighted by molar-refractivity contribution is 0.948. The highest BCUT2D eigenvalue weighted by molar-refractivity contribution is 6.38. The molecule has 3 nitrogen and oxygen atoms in total. The molecule has 0 saturated carbocycles. The van der Waals surface area contributed by atoms with Crippen molar-refractivity contribution in [3.8, 4) is 0 Å². The van der Waals surface area contributed by atoms with Crippen LogP contribution in [0.25, 0.3) is 32.7 Å². The molecule has 0 aliphatic rings. The minimum absolute atomic E-state index is 0.512. The van der Waals surface area contributed by atoms with Crippen LogP contribution in [0.5, 0.6) is 0 Å². The lowest BCUT2D eigenvalue weighted by atomic mass is 10.1. The van der Waals surface area contributed by atoms with Gasteiger partial charge in [0.1, 0.15) is 5.15 Å². The molecular formula is C15H10ClN3. The Bertz CT molecular complexity index is 940. The van der Waals surface area contributed by atoms with Crippen LogP contribution in [0.4, 0.5) is 0 Å². The van der Waals surface area contributed by atoms with Crippen LogP contribution in [-0.2, 0) is 7.05 Å². The summed E-state index contributed by atoms with van der Waals surface area (Å²) in [5.74, 6) is 0. The van der Waals surface area contributed by atoms with E-state index in [1.54, 1.807) is 6.33 Å². The normalized spacial score (nSPS) is 11.7. The monoisotopic (exact) mass is 267 g/mol. The summed E-state index contributed by atoms with van der Waals surface area (Å²) in [7, 11) is 1.98. The minimum Gasteiger partial charge on any atom is -0.334 e. The second kappa shape index (κ2) is 3.68. The fourth-order valence-corrected chi connectivity index (χ4v) is 2.88. The summed E-state index contributed by atoms with van der Waals surface area (Å²) in [6.07, 6.45) is 1.80. The summed E-state index contributed by atoms with van der Waals surface area (Å²) in [5, 5.41) is 3.65. The number of imidazole rings is 1. The zero-order chi connectivity index (χ0) is 13.0. The van der Waals surface area contributed by atoms with Gasteiger partial charge in [-0.2, -0.15) is 0 Å². The van der Waals surface area contributed by atoms with Crippen molar-refractivity contribution in [1.29, 1.82) is 0 Å². The molecule has 4 rings (SSSR count). The maximum Gasteiger partial charge on any atom is 0.139 e. The van der Waals surface area contributed by atoms with Crippen LogP contribution in [0.3, 0.4) is 0 Å². The molecule has 0 aliphatic heterocycles. The van der Waals surface area contributed by atoms with E-state index >= 15 is 0 Å². The molecule has 0 saturated heterocycles. The highest BCUT2D eigenvalue weighted by Crippen LogP contribution is 2.33. The minimum atomic E-state index is 0.512. The van der Waals surface area contributed by atoms with Crippen molar-refractivity contribution in [2.45, 2.75) is 0 Å². The number of halogens is 1. The van der Waals surface area contributed by atoms with Gasteiger partial charge < -0.3 is 4.57 Å². The van der Waals surface area contributed by atoms with Crippen LogP contribution < -0.4 is 0 Å². The average Bonchev–Trinajstić information content (AvgIpc) is 2.80. The van der Waals surface area contributed by atoms with Crippen molar-refractivity contribution < 1.29 is 0 Å². The zero-order valence-corrected chi connectivity index (χ0v) is 11.0. The molecule has 92 valence electrons. The fourth-order valence-electron chi connectivity index (χ4n) is 2.60. The van der Waals surface area contributed by atoms with Crippen molar-refractivity contribution >= 4 is 44.3 Å².